The maximum atomic E-state index is 12.4. The Labute approximate surface area is 118 Å². The average molecular weight is 299 g/mol. The van der Waals surface area contributed by atoms with Crippen LogP contribution in [0.2, 0.25) is 0 Å². The first-order chi connectivity index (χ1) is 9.86. The Bertz CT molecular complexity index is 594. The number of aromatic nitrogens is 3. The SMILES string of the molecule is CN(Cc1ncn[nH]1)C(=O)Nc1ccc(C(F)(F)F)cc1. The minimum atomic E-state index is -4.40. The largest absolute Gasteiger partial charge is 0.416 e. The predicted octanol–water partition coefficient (Wildman–Crippen LogP) is 2.49. The number of aromatic amines is 1. The van der Waals surface area contributed by atoms with E-state index in [4.69, 9.17) is 0 Å². The van der Waals surface area contributed by atoms with Gasteiger partial charge in [0.15, 0.2) is 0 Å². The third kappa shape index (κ3) is 3.94. The number of carbonyl (C=O) groups is 1. The quantitative estimate of drug-likeness (QED) is 0.914. The van der Waals surface area contributed by atoms with E-state index in [1.807, 2.05) is 0 Å². The monoisotopic (exact) mass is 299 g/mol. The number of H-pyrrole nitrogens is 1. The van der Waals surface area contributed by atoms with Gasteiger partial charge in [-0.25, -0.2) is 9.78 Å². The van der Waals surface area contributed by atoms with E-state index in [-0.39, 0.29) is 12.2 Å². The lowest BCUT2D eigenvalue weighted by Crippen LogP contribution is -2.31. The highest BCUT2D eigenvalue weighted by Crippen LogP contribution is 2.29. The van der Waals surface area contributed by atoms with E-state index in [1.54, 1.807) is 0 Å². The van der Waals surface area contributed by atoms with Crippen LogP contribution in [0.15, 0.2) is 30.6 Å². The Morgan fingerprint density at radius 1 is 1.33 bits per heavy atom. The molecule has 112 valence electrons. The Hall–Kier alpha value is -2.58. The molecule has 0 atom stereocenters. The van der Waals surface area contributed by atoms with E-state index >= 15 is 0 Å². The van der Waals surface area contributed by atoms with Crippen molar-refractivity contribution in [3.8, 4) is 0 Å². The Morgan fingerprint density at radius 3 is 2.52 bits per heavy atom. The summed E-state index contributed by atoms with van der Waals surface area (Å²) in [5.74, 6) is 0.500. The number of hydrogen-bond acceptors (Lipinski definition) is 3. The number of rotatable bonds is 3. The number of benzene rings is 1. The van der Waals surface area contributed by atoms with Crippen molar-refractivity contribution < 1.29 is 18.0 Å². The predicted molar refractivity (Wildman–Crippen MR) is 68.3 cm³/mol. The Kier molecular flexibility index (Phi) is 4.10. The van der Waals surface area contributed by atoms with Gasteiger partial charge in [-0.3, -0.25) is 5.10 Å². The number of amides is 2. The van der Waals surface area contributed by atoms with Crippen molar-refractivity contribution in [3.63, 3.8) is 0 Å². The number of nitrogens with zero attached hydrogens (tertiary/aromatic N) is 3. The maximum absolute atomic E-state index is 12.4. The molecule has 0 fully saturated rings. The molecule has 0 unspecified atom stereocenters. The second-order valence-corrected chi connectivity index (χ2v) is 4.29. The van der Waals surface area contributed by atoms with Crippen LogP contribution < -0.4 is 5.32 Å². The molecule has 6 nitrogen and oxygen atoms in total. The van der Waals surface area contributed by atoms with Crippen molar-refractivity contribution >= 4 is 11.7 Å². The normalized spacial score (nSPS) is 11.2. The molecule has 0 aliphatic carbocycles. The van der Waals surface area contributed by atoms with Gasteiger partial charge in [0.2, 0.25) is 0 Å². The van der Waals surface area contributed by atoms with Crippen LogP contribution >= 0.6 is 0 Å². The van der Waals surface area contributed by atoms with E-state index in [0.717, 1.165) is 12.1 Å². The molecule has 2 aromatic rings. The van der Waals surface area contributed by atoms with Crippen molar-refractivity contribution in [2.24, 2.45) is 0 Å². The number of alkyl halides is 3. The molecular weight excluding hydrogens is 287 g/mol. The Morgan fingerprint density at radius 2 is 2.00 bits per heavy atom. The zero-order valence-corrected chi connectivity index (χ0v) is 11.0. The van der Waals surface area contributed by atoms with Crippen LogP contribution in [-0.2, 0) is 12.7 Å². The molecule has 0 saturated carbocycles. The molecule has 0 saturated heterocycles. The smallest absolute Gasteiger partial charge is 0.320 e. The van der Waals surface area contributed by atoms with Crippen LogP contribution in [0.25, 0.3) is 0 Å². The number of anilines is 1. The molecule has 1 heterocycles. The minimum Gasteiger partial charge on any atom is -0.320 e. The fourth-order valence-corrected chi connectivity index (χ4v) is 1.56. The summed E-state index contributed by atoms with van der Waals surface area (Å²) < 4.78 is 37.2. The van der Waals surface area contributed by atoms with Crippen LogP contribution in [0, 0.1) is 0 Å². The summed E-state index contributed by atoms with van der Waals surface area (Å²) >= 11 is 0. The number of halogens is 3. The van der Waals surface area contributed by atoms with Gasteiger partial charge in [0, 0.05) is 12.7 Å². The molecule has 2 N–H and O–H groups in total. The average Bonchev–Trinajstić information content (AvgIpc) is 2.91. The molecule has 21 heavy (non-hydrogen) atoms. The molecule has 0 bridgehead atoms. The van der Waals surface area contributed by atoms with Crippen molar-refractivity contribution in [2.45, 2.75) is 12.7 Å². The lowest BCUT2D eigenvalue weighted by molar-refractivity contribution is -0.137. The number of carbonyl (C=O) groups excluding carboxylic acids is 1. The lowest BCUT2D eigenvalue weighted by Gasteiger charge is -2.16. The summed E-state index contributed by atoms with van der Waals surface area (Å²) in [6.45, 7) is 0.201. The highest BCUT2D eigenvalue weighted by molar-refractivity contribution is 5.89. The van der Waals surface area contributed by atoms with Gasteiger partial charge < -0.3 is 10.2 Å². The first kappa shape index (κ1) is 14.8. The minimum absolute atomic E-state index is 0.201. The first-order valence-corrected chi connectivity index (χ1v) is 5.90. The third-order valence-electron chi connectivity index (χ3n) is 2.66. The van der Waals surface area contributed by atoms with Crippen LogP contribution in [0.4, 0.5) is 23.7 Å². The van der Waals surface area contributed by atoms with Gasteiger partial charge in [-0.05, 0) is 24.3 Å². The second kappa shape index (κ2) is 5.81. The lowest BCUT2D eigenvalue weighted by atomic mass is 10.2. The first-order valence-electron chi connectivity index (χ1n) is 5.90. The molecule has 0 radical (unpaired) electrons. The molecule has 9 heteroatoms. The van der Waals surface area contributed by atoms with Crippen LogP contribution in [0.1, 0.15) is 11.4 Å². The van der Waals surface area contributed by atoms with Gasteiger partial charge in [0.1, 0.15) is 12.2 Å². The molecule has 1 aromatic heterocycles. The van der Waals surface area contributed by atoms with E-state index in [2.05, 4.69) is 20.5 Å². The van der Waals surface area contributed by atoms with Gasteiger partial charge in [0.25, 0.3) is 0 Å². The zero-order valence-electron chi connectivity index (χ0n) is 11.0. The van der Waals surface area contributed by atoms with Crippen molar-refractivity contribution in [3.05, 3.63) is 42.0 Å². The van der Waals surface area contributed by atoms with Crippen molar-refractivity contribution in [1.29, 1.82) is 0 Å². The summed E-state index contributed by atoms with van der Waals surface area (Å²) in [6, 6.07) is 3.75. The highest BCUT2D eigenvalue weighted by atomic mass is 19.4. The van der Waals surface area contributed by atoms with E-state index in [9.17, 15) is 18.0 Å². The van der Waals surface area contributed by atoms with Crippen molar-refractivity contribution in [1.82, 2.24) is 20.1 Å². The van der Waals surface area contributed by atoms with Gasteiger partial charge in [0.05, 0.1) is 12.1 Å². The van der Waals surface area contributed by atoms with E-state index < -0.39 is 17.8 Å². The topological polar surface area (TPSA) is 73.9 Å². The molecule has 2 amide bonds. The zero-order chi connectivity index (χ0) is 15.5. The molecule has 0 aliphatic rings. The summed E-state index contributed by atoms with van der Waals surface area (Å²) in [5.41, 5.74) is -0.493. The summed E-state index contributed by atoms with van der Waals surface area (Å²) in [5, 5.41) is 8.74. The maximum Gasteiger partial charge on any atom is 0.416 e. The summed E-state index contributed by atoms with van der Waals surface area (Å²) in [6.07, 6.45) is -3.08. The van der Waals surface area contributed by atoms with Crippen LogP contribution in [0.3, 0.4) is 0 Å². The summed E-state index contributed by atoms with van der Waals surface area (Å²) in [7, 11) is 1.53. The molecule has 0 spiro atoms. The fraction of sp³-hybridized carbons (Fsp3) is 0.250. The van der Waals surface area contributed by atoms with Crippen molar-refractivity contribution in [2.75, 3.05) is 12.4 Å². The molecule has 2 rings (SSSR count). The fourth-order valence-electron chi connectivity index (χ4n) is 1.56. The molecule has 0 aliphatic heterocycles. The standard InChI is InChI=1S/C12H12F3N5O/c1-20(6-10-16-7-17-19-10)11(21)18-9-4-2-8(3-5-9)12(13,14)15/h2-5,7H,6H2,1H3,(H,18,21)(H,16,17,19). The Balaban J connectivity index is 1.96. The molecular formula is C12H12F3N5O. The number of nitrogens with one attached hydrogen (secondary N) is 2. The van der Waals surface area contributed by atoms with Gasteiger partial charge in [-0.2, -0.15) is 18.3 Å². The van der Waals surface area contributed by atoms with Crippen LogP contribution in [0.5, 0.6) is 0 Å². The molecule has 1 aromatic carbocycles. The number of urea groups is 1. The summed E-state index contributed by atoms with van der Waals surface area (Å²) in [4.78, 5) is 17.0. The van der Waals surface area contributed by atoms with E-state index in [0.29, 0.717) is 5.82 Å². The van der Waals surface area contributed by atoms with Gasteiger partial charge >= 0.3 is 12.2 Å². The van der Waals surface area contributed by atoms with E-state index in [1.165, 1.54) is 30.4 Å². The second-order valence-electron chi connectivity index (χ2n) is 4.29. The third-order valence-corrected chi connectivity index (χ3v) is 2.66. The number of hydrogen-bond donors (Lipinski definition) is 2. The highest BCUT2D eigenvalue weighted by Gasteiger charge is 2.30. The van der Waals surface area contributed by atoms with Crippen LogP contribution in [-0.4, -0.2) is 33.2 Å². The van der Waals surface area contributed by atoms with Gasteiger partial charge in [-0.1, -0.05) is 0 Å². The van der Waals surface area contributed by atoms with Gasteiger partial charge in [-0.15, -0.1) is 0 Å².